The van der Waals surface area contributed by atoms with Crippen molar-refractivity contribution in [1.82, 2.24) is 5.43 Å². The molecule has 0 unspecified atom stereocenters. The van der Waals surface area contributed by atoms with Gasteiger partial charge in [0, 0.05) is 16.0 Å². The number of hydrogen-bond acceptors (Lipinski definition) is 4. The minimum Gasteiger partial charge on any atom is -0.273 e. The van der Waals surface area contributed by atoms with Gasteiger partial charge < -0.3 is 0 Å². The van der Waals surface area contributed by atoms with E-state index in [-0.39, 0.29) is 17.1 Å². The number of rotatable bonds is 3. The molecule has 5 nitrogen and oxygen atoms in total. The molecule has 1 N–H and O–H groups in total. The van der Waals surface area contributed by atoms with E-state index >= 15 is 0 Å². The van der Waals surface area contributed by atoms with Crippen LogP contribution in [0.25, 0.3) is 10.8 Å². The van der Waals surface area contributed by atoms with E-state index in [0.29, 0.717) is 15.8 Å². The highest BCUT2D eigenvalue weighted by atomic mass is 35.5. The molecule has 0 saturated carbocycles. The molecular formula is C21H16ClN3O2S. The summed E-state index contributed by atoms with van der Waals surface area (Å²) in [5, 5.41) is 6.92. The number of nitrogens with one attached hydrogen (secondary N) is 1. The van der Waals surface area contributed by atoms with E-state index < -0.39 is 0 Å². The van der Waals surface area contributed by atoms with Crippen molar-refractivity contribution in [2.24, 2.45) is 5.10 Å². The third-order valence-electron chi connectivity index (χ3n) is 4.41. The van der Waals surface area contributed by atoms with Crippen molar-refractivity contribution in [3.8, 4) is 0 Å². The quantitative estimate of drug-likeness (QED) is 0.640. The molecule has 28 heavy (non-hydrogen) atoms. The maximum absolute atomic E-state index is 12.8. The molecule has 2 amide bonds. The average Bonchev–Trinajstić information content (AvgIpc) is 3.00. The monoisotopic (exact) mass is 409 g/mol. The number of amidine groups is 1. The van der Waals surface area contributed by atoms with Crippen molar-refractivity contribution in [2.75, 3.05) is 4.90 Å². The first kappa shape index (κ1) is 18.5. The lowest BCUT2D eigenvalue weighted by atomic mass is 10.1. The molecule has 1 atom stereocenters. The molecule has 0 radical (unpaired) electrons. The van der Waals surface area contributed by atoms with E-state index in [1.165, 1.54) is 11.8 Å². The van der Waals surface area contributed by atoms with Gasteiger partial charge in [0.05, 0.1) is 10.9 Å². The Morgan fingerprint density at radius 2 is 1.79 bits per heavy atom. The van der Waals surface area contributed by atoms with Gasteiger partial charge in [0.15, 0.2) is 5.17 Å². The van der Waals surface area contributed by atoms with Crippen molar-refractivity contribution in [3.63, 3.8) is 0 Å². The molecule has 0 bridgehead atoms. The van der Waals surface area contributed by atoms with Crippen LogP contribution in [0, 0.1) is 0 Å². The Bertz CT molecular complexity index is 1090. The predicted molar refractivity (Wildman–Crippen MR) is 115 cm³/mol. The van der Waals surface area contributed by atoms with Gasteiger partial charge in [-0.1, -0.05) is 59.8 Å². The normalized spacial score (nSPS) is 18.1. The summed E-state index contributed by atoms with van der Waals surface area (Å²) in [5.41, 5.74) is 3.73. The molecule has 1 saturated heterocycles. The Balaban J connectivity index is 1.67. The number of benzene rings is 3. The van der Waals surface area contributed by atoms with Gasteiger partial charge in [-0.05, 0) is 42.6 Å². The standard InChI is InChI=1S/C21H16ClN3O2S/c1-13-20(27)25(18-8-4-6-14-5-2-3-7-17(14)18)21(28-13)24-23-19(26)15-9-11-16(22)12-10-15/h2-13H,1H3,(H,23,26)/t13-/m1/s1. The lowest BCUT2D eigenvalue weighted by Crippen LogP contribution is -2.33. The predicted octanol–water partition coefficient (Wildman–Crippen LogP) is 4.66. The molecule has 0 spiro atoms. The molecule has 7 heteroatoms. The van der Waals surface area contributed by atoms with Gasteiger partial charge in [0.25, 0.3) is 5.91 Å². The van der Waals surface area contributed by atoms with Crippen LogP contribution in [0.3, 0.4) is 0 Å². The first-order chi connectivity index (χ1) is 13.5. The summed E-state index contributed by atoms with van der Waals surface area (Å²) >= 11 is 7.17. The maximum Gasteiger partial charge on any atom is 0.271 e. The highest BCUT2D eigenvalue weighted by molar-refractivity contribution is 8.16. The molecule has 1 heterocycles. The number of halogens is 1. The fourth-order valence-electron chi connectivity index (χ4n) is 3.00. The van der Waals surface area contributed by atoms with Gasteiger partial charge in [0.1, 0.15) is 0 Å². The van der Waals surface area contributed by atoms with E-state index in [0.717, 1.165) is 16.5 Å². The van der Waals surface area contributed by atoms with Crippen LogP contribution in [0.1, 0.15) is 17.3 Å². The lowest BCUT2D eigenvalue weighted by molar-refractivity contribution is -0.116. The minimum atomic E-state index is -0.366. The average molecular weight is 410 g/mol. The summed E-state index contributed by atoms with van der Waals surface area (Å²) in [6.45, 7) is 1.83. The number of carbonyl (C=O) groups excluding carboxylic acids is 2. The number of carbonyl (C=O) groups is 2. The fraction of sp³-hybridized carbons (Fsp3) is 0.0952. The second kappa shape index (κ2) is 7.66. The molecule has 3 aromatic carbocycles. The van der Waals surface area contributed by atoms with Gasteiger partial charge in [-0.2, -0.15) is 0 Å². The summed E-state index contributed by atoms with van der Waals surface area (Å²) in [5.74, 6) is -0.435. The van der Waals surface area contributed by atoms with Crippen LogP contribution in [0.4, 0.5) is 5.69 Å². The topological polar surface area (TPSA) is 61.8 Å². The summed E-state index contributed by atoms with van der Waals surface area (Å²) in [6.07, 6.45) is 0. The Morgan fingerprint density at radius 3 is 2.57 bits per heavy atom. The van der Waals surface area contributed by atoms with Crippen molar-refractivity contribution >= 4 is 56.8 Å². The van der Waals surface area contributed by atoms with Crippen molar-refractivity contribution in [2.45, 2.75) is 12.2 Å². The molecule has 0 aromatic heterocycles. The molecule has 1 aliphatic rings. The zero-order chi connectivity index (χ0) is 19.7. The third-order valence-corrected chi connectivity index (χ3v) is 5.70. The van der Waals surface area contributed by atoms with Crippen LogP contribution in [0.15, 0.2) is 71.8 Å². The van der Waals surface area contributed by atoms with Crippen LogP contribution < -0.4 is 10.3 Å². The fourth-order valence-corrected chi connectivity index (χ4v) is 4.04. The van der Waals surface area contributed by atoms with Gasteiger partial charge in [-0.15, -0.1) is 5.10 Å². The number of fused-ring (bicyclic) bond motifs is 1. The van der Waals surface area contributed by atoms with E-state index in [1.807, 2.05) is 49.4 Å². The second-order valence-corrected chi connectivity index (χ2v) is 8.02. The molecule has 1 aliphatic heterocycles. The zero-order valence-corrected chi connectivity index (χ0v) is 16.5. The number of hydrogen-bond donors (Lipinski definition) is 1. The largest absolute Gasteiger partial charge is 0.273 e. The smallest absolute Gasteiger partial charge is 0.271 e. The number of nitrogens with zero attached hydrogens (tertiary/aromatic N) is 2. The van der Waals surface area contributed by atoms with Crippen LogP contribution in [0.5, 0.6) is 0 Å². The van der Waals surface area contributed by atoms with E-state index in [4.69, 9.17) is 11.6 Å². The summed E-state index contributed by atoms with van der Waals surface area (Å²) in [6, 6.07) is 20.2. The highest BCUT2D eigenvalue weighted by Crippen LogP contribution is 2.35. The van der Waals surface area contributed by atoms with Gasteiger partial charge in [-0.25, -0.2) is 5.43 Å². The second-order valence-electron chi connectivity index (χ2n) is 6.27. The lowest BCUT2D eigenvalue weighted by Gasteiger charge is -2.18. The van der Waals surface area contributed by atoms with Gasteiger partial charge >= 0.3 is 0 Å². The van der Waals surface area contributed by atoms with Crippen molar-refractivity contribution in [3.05, 3.63) is 77.3 Å². The van der Waals surface area contributed by atoms with Crippen LogP contribution >= 0.6 is 23.4 Å². The SMILES string of the molecule is C[C@H]1SC(=NNC(=O)c2ccc(Cl)cc2)N(c2cccc3ccccc23)C1=O. The summed E-state index contributed by atoms with van der Waals surface area (Å²) in [4.78, 5) is 26.7. The summed E-state index contributed by atoms with van der Waals surface area (Å²) in [7, 11) is 0. The first-order valence-corrected chi connectivity index (χ1v) is 9.92. The number of thioether (sulfide) groups is 1. The Kier molecular flexibility index (Phi) is 5.07. The van der Waals surface area contributed by atoms with Crippen molar-refractivity contribution < 1.29 is 9.59 Å². The van der Waals surface area contributed by atoms with Gasteiger partial charge in [-0.3, -0.25) is 14.5 Å². The first-order valence-electron chi connectivity index (χ1n) is 8.66. The van der Waals surface area contributed by atoms with Crippen LogP contribution in [-0.4, -0.2) is 22.2 Å². The Hall–Kier alpha value is -2.83. The Morgan fingerprint density at radius 1 is 1.07 bits per heavy atom. The maximum atomic E-state index is 12.8. The van der Waals surface area contributed by atoms with Gasteiger partial charge in [0.2, 0.25) is 5.91 Å². The molecule has 0 aliphatic carbocycles. The Labute approximate surface area is 171 Å². The summed E-state index contributed by atoms with van der Waals surface area (Å²) < 4.78 is 0. The third kappa shape index (κ3) is 3.48. The van der Waals surface area contributed by atoms with Crippen LogP contribution in [-0.2, 0) is 4.79 Å². The number of hydrazone groups is 1. The molecule has 1 fully saturated rings. The minimum absolute atomic E-state index is 0.0687. The molecular weight excluding hydrogens is 394 g/mol. The van der Waals surface area contributed by atoms with E-state index in [1.54, 1.807) is 29.2 Å². The molecule has 4 rings (SSSR count). The van der Waals surface area contributed by atoms with E-state index in [2.05, 4.69) is 10.5 Å². The molecule has 140 valence electrons. The van der Waals surface area contributed by atoms with Crippen LogP contribution in [0.2, 0.25) is 5.02 Å². The number of amides is 2. The van der Waals surface area contributed by atoms with Crippen molar-refractivity contribution in [1.29, 1.82) is 0 Å². The zero-order valence-electron chi connectivity index (χ0n) is 14.9. The number of anilines is 1. The highest BCUT2D eigenvalue weighted by Gasteiger charge is 2.37. The molecule has 3 aromatic rings. The van der Waals surface area contributed by atoms with E-state index in [9.17, 15) is 9.59 Å².